The molecule has 9 atom stereocenters. The van der Waals surface area contributed by atoms with Gasteiger partial charge in [0.1, 0.15) is 18.3 Å². The van der Waals surface area contributed by atoms with Crippen molar-refractivity contribution in [2.75, 3.05) is 0 Å². The van der Waals surface area contributed by atoms with Gasteiger partial charge in [0.25, 0.3) is 0 Å². The predicted molar refractivity (Wildman–Crippen MR) is 94.7 cm³/mol. The minimum Gasteiger partial charge on any atom is -0.389 e. The summed E-state index contributed by atoms with van der Waals surface area (Å²) in [5, 5.41) is 30.5. The van der Waals surface area contributed by atoms with Crippen LogP contribution in [0.1, 0.15) is 30.9 Å². The molecule has 146 valence electrons. The Morgan fingerprint density at radius 1 is 1.00 bits per heavy atom. The summed E-state index contributed by atoms with van der Waals surface area (Å²) in [6.45, 7) is 0. The highest BCUT2D eigenvalue weighted by Gasteiger charge is 2.44. The molecular formula is C18H29N3O5. The topological polar surface area (TPSA) is 157 Å². The molecule has 1 heterocycles. The van der Waals surface area contributed by atoms with Crippen molar-refractivity contribution in [1.29, 1.82) is 0 Å². The first-order chi connectivity index (χ1) is 12.4. The maximum Gasteiger partial charge on any atom is 0.184 e. The van der Waals surface area contributed by atoms with Crippen LogP contribution in [0.15, 0.2) is 30.3 Å². The molecule has 0 amide bonds. The van der Waals surface area contributed by atoms with Gasteiger partial charge in [0, 0.05) is 12.1 Å². The van der Waals surface area contributed by atoms with Gasteiger partial charge in [-0.1, -0.05) is 30.3 Å². The van der Waals surface area contributed by atoms with Gasteiger partial charge >= 0.3 is 0 Å². The van der Waals surface area contributed by atoms with E-state index in [4.69, 9.17) is 26.7 Å². The van der Waals surface area contributed by atoms with Gasteiger partial charge in [-0.15, -0.1) is 0 Å². The van der Waals surface area contributed by atoms with Crippen molar-refractivity contribution in [3.8, 4) is 0 Å². The van der Waals surface area contributed by atoms with Gasteiger partial charge in [-0.25, -0.2) is 0 Å². The summed E-state index contributed by atoms with van der Waals surface area (Å²) in [6, 6.07) is 8.03. The third-order valence-electron chi connectivity index (χ3n) is 5.34. The Labute approximate surface area is 152 Å². The average Bonchev–Trinajstić information content (AvgIpc) is 2.65. The lowest BCUT2D eigenvalue weighted by Gasteiger charge is -2.44. The summed E-state index contributed by atoms with van der Waals surface area (Å²) in [4.78, 5) is 0. The third kappa shape index (κ3) is 4.08. The Bertz CT molecular complexity index is 577. The molecule has 1 aromatic rings. The first-order valence-electron chi connectivity index (χ1n) is 9.05. The van der Waals surface area contributed by atoms with Crippen LogP contribution in [0.5, 0.6) is 0 Å². The largest absolute Gasteiger partial charge is 0.389 e. The van der Waals surface area contributed by atoms with Gasteiger partial charge in [-0.3, -0.25) is 0 Å². The van der Waals surface area contributed by atoms with Crippen molar-refractivity contribution >= 4 is 0 Å². The number of hydrogen-bond acceptors (Lipinski definition) is 8. The van der Waals surface area contributed by atoms with Crippen LogP contribution in [0.4, 0.5) is 0 Å². The fourth-order valence-corrected chi connectivity index (χ4v) is 3.70. The second kappa shape index (κ2) is 8.28. The zero-order chi connectivity index (χ0) is 18.8. The molecule has 8 nitrogen and oxygen atoms in total. The lowest BCUT2D eigenvalue weighted by Crippen LogP contribution is -2.63. The highest BCUT2D eigenvalue weighted by molar-refractivity contribution is 5.19. The monoisotopic (exact) mass is 367 g/mol. The van der Waals surface area contributed by atoms with E-state index in [1.807, 2.05) is 30.3 Å². The Morgan fingerprint density at radius 2 is 1.69 bits per heavy atom. The van der Waals surface area contributed by atoms with E-state index >= 15 is 0 Å². The van der Waals surface area contributed by atoms with Crippen molar-refractivity contribution in [3.05, 3.63) is 35.9 Å². The number of aliphatic hydroxyl groups is 3. The minimum atomic E-state index is -1.24. The molecule has 8 heteroatoms. The minimum absolute atomic E-state index is 0.304. The molecule has 0 bridgehead atoms. The van der Waals surface area contributed by atoms with Gasteiger partial charge in [0.15, 0.2) is 6.29 Å². The first-order valence-corrected chi connectivity index (χ1v) is 9.05. The van der Waals surface area contributed by atoms with Crippen LogP contribution in [0.25, 0.3) is 0 Å². The fourth-order valence-electron chi connectivity index (χ4n) is 3.70. The summed E-state index contributed by atoms with van der Waals surface area (Å²) in [5.41, 5.74) is 19.0. The Balaban J connectivity index is 1.67. The molecule has 0 radical (unpaired) electrons. The number of hydrogen-bond donors (Lipinski definition) is 6. The second-order valence-electron chi connectivity index (χ2n) is 7.27. The van der Waals surface area contributed by atoms with E-state index in [-0.39, 0.29) is 12.1 Å². The number of nitrogens with two attached hydrogens (primary N) is 3. The fraction of sp³-hybridized carbons (Fsp3) is 0.667. The van der Waals surface area contributed by atoms with Crippen molar-refractivity contribution in [1.82, 2.24) is 0 Å². The smallest absolute Gasteiger partial charge is 0.184 e. The number of benzene rings is 1. The molecule has 1 saturated heterocycles. The Morgan fingerprint density at radius 3 is 2.38 bits per heavy atom. The standard InChI is InChI=1S/C18H29N3O5/c19-10-8-11(20)17(16(24)15(10)23)26-18-12(22)6-7-13(25-18)14(21)9-4-2-1-3-5-9/h1-5,10-18,22-24H,6-8,19-21H2. The maximum absolute atomic E-state index is 10.3. The molecule has 1 aliphatic heterocycles. The summed E-state index contributed by atoms with van der Waals surface area (Å²) >= 11 is 0. The van der Waals surface area contributed by atoms with Crippen LogP contribution in [-0.4, -0.2) is 64.2 Å². The van der Waals surface area contributed by atoms with Gasteiger partial charge in [-0.05, 0) is 24.8 Å². The highest BCUT2D eigenvalue weighted by atomic mass is 16.7. The van der Waals surface area contributed by atoms with E-state index in [2.05, 4.69) is 0 Å². The van der Waals surface area contributed by atoms with Crippen LogP contribution in [0.3, 0.4) is 0 Å². The molecule has 1 aromatic carbocycles. The predicted octanol–water partition coefficient (Wildman–Crippen LogP) is -1.28. The number of ether oxygens (including phenoxy) is 2. The zero-order valence-electron chi connectivity index (χ0n) is 14.6. The molecule has 2 aliphatic rings. The highest BCUT2D eigenvalue weighted by Crippen LogP contribution is 2.31. The average molecular weight is 367 g/mol. The lowest BCUT2D eigenvalue weighted by molar-refractivity contribution is -0.282. The Kier molecular flexibility index (Phi) is 6.26. The molecule has 3 rings (SSSR count). The van der Waals surface area contributed by atoms with Gasteiger partial charge in [-0.2, -0.15) is 0 Å². The second-order valence-corrected chi connectivity index (χ2v) is 7.27. The first kappa shape index (κ1) is 19.7. The van der Waals surface area contributed by atoms with E-state index in [0.717, 1.165) is 5.56 Å². The van der Waals surface area contributed by atoms with E-state index in [9.17, 15) is 15.3 Å². The van der Waals surface area contributed by atoms with Crippen LogP contribution >= 0.6 is 0 Å². The van der Waals surface area contributed by atoms with Crippen LogP contribution in [0.2, 0.25) is 0 Å². The quantitative estimate of drug-likeness (QED) is 0.384. The summed E-state index contributed by atoms with van der Waals surface area (Å²) in [6.07, 6.45) is -4.09. The van der Waals surface area contributed by atoms with Gasteiger partial charge < -0.3 is 42.0 Å². The maximum atomic E-state index is 10.3. The van der Waals surface area contributed by atoms with Crippen molar-refractivity contribution < 1.29 is 24.8 Å². The SMILES string of the molecule is NC1CC(N)C(OC2OC(C(N)c3ccccc3)CCC2O)C(O)C1O. The molecule has 9 N–H and O–H groups in total. The number of rotatable bonds is 4. The van der Waals surface area contributed by atoms with Gasteiger partial charge in [0.05, 0.1) is 18.2 Å². The zero-order valence-corrected chi connectivity index (χ0v) is 14.6. The van der Waals surface area contributed by atoms with E-state index in [1.54, 1.807) is 0 Å². The molecule has 26 heavy (non-hydrogen) atoms. The van der Waals surface area contributed by atoms with Crippen molar-refractivity contribution in [2.24, 2.45) is 17.2 Å². The van der Waals surface area contributed by atoms with Crippen molar-refractivity contribution in [3.63, 3.8) is 0 Å². The van der Waals surface area contributed by atoms with Crippen LogP contribution in [0, 0.1) is 0 Å². The summed E-state index contributed by atoms with van der Waals surface area (Å²) in [7, 11) is 0. The van der Waals surface area contributed by atoms with Crippen molar-refractivity contribution in [2.45, 2.75) is 74.2 Å². The number of aliphatic hydroxyl groups excluding tert-OH is 3. The molecule has 0 aromatic heterocycles. The lowest BCUT2D eigenvalue weighted by atomic mass is 9.84. The molecule has 1 saturated carbocycles. The van der Waals surface area contributed by atoms with Crippen LogP contribution < -0.4 is 17.2 Å². The van der Waals surface area contributed by atoms with E-state index < -0.39 is 42.8 Å². The van der Waals surface area contributed by atoms with Crippen LogP contribution in [-0.2, 0) is 9.47 Å². The molecule has 2 fully saturated rings. The summed E-state index contributed by atoms with van der Waals surface area (Å²) < 4.78 is 11.7. The Hall–Kier alpha value is -1.10. The molecular weight excluding hydrogens is 338 g/mol. The van der Waals surface area contributed by atoms with E-state index in [1.165, 1.54) is 0 Å². The normalized spacial score (nSPS) is 42.4. The summed E-state index contributed by atoms with van der Waals surface area (Å²) in [5.74, 6) is 0. The molecule has 0 spiro atoms. The molecule has 9 unspecified atom stereocenters. The third-order valence-corrected chi connectivity index (χ3v) is 5.34. The van der Waals surface area contributed by atoms with E-state index in [0.29, 0.717) is 19.3 Å². The molecule has 1 aliphatic carbocycles. The van der Waals surface area contributed by atoms with Gasteiger partial charge in [0.2, 0.25) is 0 Å².